The van der Waals surface area contributed by atoms with Gasteiger partial charge in [-0.15, -0.1) is 0 Å². The van der Waals surface area contributed by atoms with Crippen LogP contribution < -0.4 is 0 Å². The molecular formula is C29H47NO3. The highest BCUT2D eigenvalue weighted by Crippen LogP contribution is 2.67. The average Bonchev–Trinajstić information content (AvgIpc) is 2.96. The first-order valence-electron chi connectivity index (χ1n) is 14.1. The fourth-order valence-corrected chi connectivity index (χ4v) is 9.32. The molecule has 4 nitrogen and oxygen atoms in total. The van der Waals surface area contributed by atoms with Crippen LogP contribution in [0.1, 0.15) is 91.4 Å². The van der Waals surface area contributed by atoms with E-state index in [9.17, 15) is 9.90 Å². The van der Waals surface area contributed by atoms with Crippen molar-refractivity contribution in [3.8, 4) is 0 Å². The lowest BCUT2D eigenvalue weighted by molar-refractivity contribution is -0.131. The van der Waals surface area contributed by atoms with E-state index in [0.29, 0.717) is 35.7 Å². The second kappa shape index (κ2) is 9.30. The van der Waals surface area contributed by atoms with E-state index in [1.165, 1.54) is 38.5 Å². The Morgan fingerprint density at radius 3 is 2.85 bits per heavy atom. The van der Waals surface area contributed by atoms with Crippen LogP contribution in [0.5, 0.6) is 0 Å². The monoisotopic (exact) mass is 457 g/mol. The Morgan fingerprint density at radius 1 is 1.15 bits per heavy atom. The van der Waals surface area contributed by atoms with Gasteiger partial charge in [0.2, 0.25) is 5.91 Å². The van der Waals surface area contributed by atoms with Gasteiger partial charge >= 0.3 is 0 Å². The Kier molecular flexibility index (Phi) is 6.72. The van der Waals surface area contributed by atoms with E-state index in [-0.39, 0.29) is 6.10 Å². The van der Waals surface area contributed by atoms with Crippen LogP contribution in [0.4, 0.5) is 0 Å². The second-order valence-corrected chi connectivity index (χ2v) is 12.7. The number of fused-ring (bicyclic) bond motifs is 5. The van der Waals surface area contributed by atoms with Crippen LogP contribution in [-0.4, -0.2) is 48.3 Å². The number of aliphatic hydroxyl groups is 1. The molecule has 0 aromatic rings. The van der Waals surface area contributed by atoms with Crippen molar-refractivity contribution in [3.05, 3.63) is 11.6 Å². The smallest absolute Gasteiger partial charge is 0.222 e. The van der Waals surface area contributed by atoms with Crippen molar-refractivity contribution in [1.82, 2.24) is 4.90 Å². The third-order valence-corrected chi connectivity index (χ3v) is 11.2. The van der Waals surface area contributed by atoms with E-state index in [4.69, 9.17) is 4.74 Å². The number of allylic oxidation sites excluding steroid dienone is 1. The fraction of sp³-hybridized carbons (Fsp3) is 0.897. The quantitative estimate of drug-likeness (QED) is 0.560. The summed E-state index contributed by atoms with van der Waals surface area (Å²) in [6, 6.07) is 0. The molecule has 0 bridgehead atoms. The zero-order valence-electron chi connectivity index (χ0n) is 21.4. The van der Waals surface area contributed by atoms with Crippen molar-refractivity contribution < 1.29 is 14.6 Å². The predicted octanol–water partition coefficient (Wildman–Crippen LogP) is 5.59. The van der Waals surface area contributed by atoms with Crippen molar-refractivity contribution in [1.29, 1.82) is 0 Å². The maximum Gasteiger partial charge on any atom is 0.222 e. The maximum absolute atomic E-state index is 12.9. The first kappa shape index (κ1) is 23.9. The van der Waals surface area contributed by atoms with Gasteiger partial charge in [-0.25, -0.2) is 0 Å². The molecule has 1 N–H and O–H groups in total. The zero-order valence-corrected chi connectivity index (χ0v) is 21.4. The van der Waals surface area contributed by atoms with Gasteiger partial charge < -0.3 is 14.7 Å². The largest absolute Gasteiger partial charge is 0.393 e. The molecule has 1 unspecified atom stereocenters. The highest BCUT2D eigenvalue weighted by Gasteiger charge is 2.59. The third-order valence-electron chi connectivity index (χ3n) is 11.2. The van der Waals surface area contributed by atoms with Gasteiger partial charge in [-0.2, -0.15) is 0 Å². The molecule has 1 amide bonds. The number of carbonyl (C=O) groups excluding carboxylic acids is 1. The summed E-state index contributed by atoms with van der Waals surface area (Å²) in [7, 11) is 0. The van der Waals surface area contributed by atoms with Gasteiger partial charge in [0.05, 0.1) is 12.7 Å². The molecule has 3 saturated carbocycles. The Balaban J connectivity index is 1.24. The molecule has 8 atom stereocenters. The summed E-state index contributed by atoms with van der Waals surface area (Å²) in [6.45, 7) is 10.7. The van der Waals surface area contributed by atoms with Crippen molar-refractivity contribution in [2.45, 2.75) is 97.5 Å². The summed E-state index contributed by atoms with van der Waals surface area (Å²) < 4.78 is 5.53. The lowest BCUT2D eigenvalue weighted by Crippen LogP contribution is -2.50. The number of aliphatic hydroxyl groups excluding tert-OH is 1. The summed E-state index contributed by atoms with van der Waals surface area (Å²) >= 11 is 0. The van der Waals surface area contributed by atoms with Gasteiger partial charge in [-0.05, 0) is 105 Å². The molecule has 1 heterocycles. The Labute approximate surface area is 201 Å². The highest BCUT2D eigenvalue weighted by molar-refractivity contribution is 5.76. The van der Waals surface area contributed by atoms with E-state index in [2.05, 4.69) is 26.8 Å². The first-order chi connectivity index (χ1) is 15.8. The van der Waals surface area contributed by atoms with Crippen molar-refractivity contribution in [3.63, 3.8) is 0 Å². The second-order valence-electron chi connectivity index (χ2n) is 12.7. The molecular weight excluding hydrogens is 410 g/mol. The van der Waals surface area contributed by atoms with Gasteiger partial charge in [-0.3, -0.25) is 4.79 Å². The van der Waals surface area contributed by atoms with Crippen LogP contribution in [-0.2, 0) is 9.53 Å². The minimum Gasteiger partial charge on any atom is -0.393 e. The van der Waals surface area contributed by atoms with Crippen molar-refractivity contribution >= 4 is 5.91 Å². The van der Waals surface area contributed by atoms with E-state index in [1.54, 1.807) is 5.57 Å². The van der Waals surface area contributed by atoms with E-state index >= 15 is 0 Å². The van der Waals surface area contributed by atoms with Gasteiger partial charge in [0.1, 0.15) is 0 Å². The fourth-order valence-electron chi connectivity index (χ4n) is 9.32. The van der Waals surface area contributed by atoms with Crippen LogP contribution in [0.15, 0.2) is 11.6 Å². The summed E-state index contributed by atoms with van der Waals surface area (Å²) in [5.74, 6) is 4.19. The number of carbonyl (C=O) groups is 1. The number of rotatable bonds is 4. The van der Waals surface area contributed by atoms with E-state index < -0.39 is 0 Å². The molecule has 0 spiro atoms. The molecule has 1 saturated heterocycles. The number of nitrogens with zero attached hydrogens (tertiary/aromatic N) is 1. The van der Waals surface area contributed by atoms with E-state index in [0.717, 1.165) is 69.1 Å². The Hall–Kier alpha value is -0.870. The SMILES string of the molecule is CC(CCC(=O)N1CCCOCC1)[C@H]1CC[C@H]2[C@@H]3CC=C4C[C@@H](O)CC[C@]4(C)[C@H]3CC[C@]12C. The molecule has 1 aliphatic heterocycles. The molecule has 4 aliphatic carbocycles. The third kappa shape index (κ3) is 4.22. The molecule has 4 heteroatoms. The minimum absolute atomic E-state index is 0.115. The number of hydrogen-bond acceptors (Lipinski definition) is 3. The molecule has 5 rings (SSSR count). The summed E-state index contributed by atoms with van der Waals surface area (Å²) in [5.41, 5.74) is 2.35. The molecule has 0 radical (unpaired) electrons. The van der Waals surface area contributed by atoms with Gasteiger partial charge in [0, 0.05) is 26.1 Å². The van der Waals surface area contributed by atoms with Crippen LogP contribution in [0.3, 0.4) is 0 Å². The predicted molar refractivity (Wildman–Crippen MR) is 132 cm³/mol. The van der Waals surface area contributed by atoms with Gasteiger partial charge in [0.15, 0.2) is 0 Å². The van der Waals surface area contributed by atoms with Crippen molar-refractivity contribution in [2.75, 3.05) is 26.3 Å². The highest BCUT2D eigenvalue weighted by atomic mass is 16.5. The average molecular weight is 458 g/mol. The zero-order chi connectivity index (χ0) is 23.2. The molecule has 33 heavy (non-hydrogen) atoms. The lowest BCUT2D eigenvalue weighted by atomic mass is 9.47. The normalized spacial score (nSPS) is 44.2. The minimum atomic E-state index is -0.115. The summed E-state index contributed by atoms with van der Waals surface area (Å²) in [5, 5.41) is 10.3. The summed E-state index contributed by atoms with van der Waals surface area (Å²) in [6.07, 6.45) is 14.9. The van der Waals surface area contributed by atoms with E-state index in [1.807, 2.05) is 4.90 Å². The van der Waals surface area contributed by atoms with Gasteiger partial charge in [-0.1, -0.05) is 32.4 Å². The molecule has 4 fully saturated rings. The standard InChI is InChI=1S/C29H47NO3/c1-20(5-10-27(32)30-15-4-17-33-18-16-30)24-8-9-25-23-7-6-21-19-22(31)11-13-28(21,2)26(23)12-14-29(24,25)3/h6,20,22-26,31H,4-5,7-19H2,1-3H3/t20?,22-,23-,24+,25-,26-,28-,29+/m0/s1. The van der Waals surface area contributed by atoms with Crippen LogP contribution in [0, 0.1) is 40.4 Å². The topological polar surface area (TPSA) is 49.8 Å². The van der Waals surface area contributed by atoms with Gasteiger partial charge in [0.25, 0.3) is 0 Å². The number of ether oxygens (including phenoxy) is 1. The Morgan fingerprint density at radius 2 is 2.00 bits per heavy atom. The lowest BCUT2D eigenvalue weighted by Gasteiger charge is -2.58. The first-order valence-corrected chi connectivity index (χ1v) is 14.1. The van der Waals surface area contributed by atoms with Crippen LogP contribution in [0.2, 0.25) is 0 Å². The number of amides is 1. The number of hydrogen-bond donors (Lipinski definition) is 1. The summed E-state index contributed by atoms with van der Waals surface area (Å²) in [4.78, 5) is 14.9. The van der Waals surface area contributed by atoms with Crippen molar-refractivity contribution in [2.24, 2.45) is 40.4 Å². The van der Waals surface area contributed by atoms with Crippen LogP contribution in [0.25, 0.3) is 0 Å². The molecule has 5 aliphatic rings. The van der Waals surface area contributed by atoms with Crippen LogP contribution >= 0.6 is 0 Å². The molecule has 0 aromatic heterocycles. The Bertz CT molecular complexity index is 756. The molecule has 186 valence electrons. The molecule has 0 aromatic carbocycles. The maximum atomic E-state index is 12.9.